The molecule has 0 radical (unpaired) electrons. The van der Waals surface area contributed by atoms with Crippen LogP contribution in [0.25, 0.3) is 5.69 Å². The highest BCUT2D eigenvalue weighted by Crippen LogP contribution is 2.11. The van der Waals surface area contributed by atoms with Crippen molar-refractivity contribution in [2.24, 2.45) is 7.05 Å². The first-order chi connectivity index (χ1) is 13.9. The number of aromatic nitrogens is 2. The number of benzene rings is 1. The highest BCUT2D eigenvalue weighted by atomic mass is 16.6. The third kappa shape index (κ3) is 5.59. The van der Waals surface area contributed by atoms with Crippen molar-refractivity contribution in [1.29, 1.82) is 0 Å². The van der Waals surface area contributed by atoms with Crippen LogP contribution in [0.5, 0.6) is 0 Å². The number of nitrogens with zero attached hydrogens (tertiary/aromatic N) is 2. The van der Waals surface area contributed by atoms with Gasteiger partial charge in [0.25, 0.3) is 5.56 Å². The van der Waals surface area contributed by atoms with E-state index in [9.17, 15) is 19.2 Å². The molecule has 1 atom stereocenters. The van der Waals surface area contributed by atoms with Gasteiger partial charge in [-0.2, -0.15) is 0 Å². The number of esters is 1. The second-order valence-electron chi connectivity index (χ2n) is 7.89. The van der Waals surface area contributed by atoms with Gasteiger partial charge in [0.15, 0.2) is 0 Å². The summed E-state index contributed by atoms with van der Waals surface area (Å²) in [4.78, 5) is 48.8. The first-order valence-corrected chi connectivity index (χ1v) is 9.39. The van der Waals surface area contributed by atoms with E-state index in [4.69, 9.17) is 9.47 Å². The lowest BCUT2D eigenvalue weighted by molar-refractivity contribution is -0.143. The molecule has 0 aliphatic carbocycles. The molecule has 0 unspecified atom stereocenters. The number of hydrogen-bond acceptors (Lipinski definition) is 6. The Hall–Kier alpha value is -3.36. The van der Waals surface area contributed by atoms with Crippen molar-refractivity contribution in [3.05, 3.63) is 62.4 Å². The molecule has 1 aromatic carbocycles. The normalized spacial score (nSPS) is 12.2. The zero-order valence-electron chi connectivity index (χ0n) is 18.0. The van der Waals surface area contributed by atoms with Crippen molar-refractivity contribution >= 4 is 12.1 Å². The lowest BCUT2D eigenvalue weighted by Crippen LogP contribution is -2.45. The van der Waals surface area contributed by atoms with Gasteiger partial charge < -0.3 is 19.4 Å². The zero-order valence-corrected chi connectivity index (χ0v) is 18.0. The molecule has 0 aliphatic rings. The van der Waals surface area contributed by atoms with Crippen LogP contribution in [0.4, 0.5) is 4.79 Å². The van der Waals surface area contributed by atoms with E-state index >= 15 is 0 Å². The molecule has 9 heteroatoms. The maximum atomic E-state index is 12.4. The third-order valence-electron chi connectivity index (χ3n) is 4.37. The smallest absolute Gasteiger partial charge is 0.408 e. The summed E-state index contributed by atoms with van der Waals surface area (Å²) in [7, 11) is 2.82. The Balaban J connectivity index is 2.25. The number of carbonyl (C=O) groups excluding carboxylic acids is 2. The van der Waals surface area contributed by atoms with Gasteiger partial charge in [-0.3, -0.25) is 4.79 Å². The molecule has 2 rings (SSSR count). The molecule has 2 aromatic rings. The monoisotopic (exact) mass is 417 g/mol. The van der Waals surface area contributed by atoms with Gasteiger partial charge in [-0.25, -0.2) is 19.0 Å². The number of hydrogen-bond donors (Lipinski definition) is 1. The highest BCUT2D eigenvalue weighted by molar-refractivity contribution is 5.81. The topological polar surface area (TPSA) is 109 Å². The van der Waals surface area contributed by atoms with E-state index in [0.29, 0.717) is 16.9 Å². The fraction of sp³-hybridized carbons (Fsp3) is 0.429. The average molecular weight is 417 g/mol. The second kappa shape index (κ2) is 8.98. The molecule has 1 N–H and O–H groups in total. The summed E-state index contributed by atoms with van der Waals surface area (Å²) >= 11 is 0. The number of ether oxygens (including phenoxy) is 2. The molecular formula is C21H27N3O6. The third-order valence-corrected chi connectivity index (χ3v) is 4.37. The molecule has 0 saturated carbocycles. The van der Waals surface area contributed by atoms with E-state index in [0.717, 1.165) is 4.57 Å². The van der Waals surface area contributed by atoms with E-state index in [-0.39, 0.29) is 6.42 Å². The molecule has 0 fully saturated rings. The maximum absolute atomic E-state index is 12.4. The van der Waals surface area contributed by atoms with Crippen LogP contribution in [0.15, 0.2) is 39.9 Å². The molecule has 30 heavy (non-hydrogen) atoms. The first-order valence-electron chi connectivity index (χ1n) is 9.39. The van der Waals surface area contributed by atoms with Crippen molar-refractivity contribution in [2.45, 2.75) is 45.8 Å². The Bertz CT molecular complexity index is 1040. The van der Waals surface area contributed by atoms with Crippen LogP contribution in [-0.2, 0) is 27.7 Å². The van der Waals surface area contributed by atoms with Gasteiger partial charge in [0.1, 0.15) is 11.6 Å². The first kappa shape index (κ1) is 22.9. The Morgan fingerprint density at radius 2 is 1.73 bits per heavy atom. The molecule has 162 valence electrons. The highest BCUT2D eigenvalue weighted by Gasteiger charge is 2.25. The van der Waals surface area contributed by atoms with Crippen molar-refractivity contribution in [1.82, 2.24) is 14.5 Å². The number of aryl methyl sites for hydroxylation is 1. The van der Waals surface area contributed by atoms with Gasteiger partial charge >= 0.3 is 17.8 Å². The number of methoxy groups -OCH3 is 1. The predicted molar refractivity (Wildman–Crippen MR) is 111 cm³/mol. The molecule has 1 heterocycles. The van der Waals surface area contributed by atoms with Crippen LogP contribution < -0.4 is 16.6 Å². The summed E-state index contributed by atoms with van der Waals surface area (Å²) in [5, 5.41) is 2.51. The summed E-state index contributed by atoms with van der Waals surface area (Å²) in [5.41, 5.74) is 0.0716. The van der Waals surface area contributed by atoms with Crippen molar-refractivity contribution in [3.63, 3.8) is 0 Å². The standard InChI is InChI=1S/C21H27N3O6/c1-13-11-17(25)24(20(28)23(13)5)15-9-7-14(8-10-15)12-16(18(26)29-6)22-19(27)30-21(2,3)4/h7-11,16H,12H2,1-6H3,(H,22,27)/t16-/m0/s1. The summed E-state index contributed by atoms with van der Waals surface area (Å²) in [6.45, 7) is 6.84. The van der Waals surface area contributed by atoms with Crippen LogP contribution in [0.1, 0.15) is 32.0 Å². The molecular weight excluding hydrogens is 390 g/mol. The molecule has 0 saturated heterocycles. The van der Waals surface area contributed by atoms with Crippen molar-refractivity contribution in [3.8, 4) is 5.69 Å². The van der Waals surface area contributed by atoms with E-state index < -0.39 is 35.0 Å². The minimum absolute atomic E-state index is 0.146. The maximum Gasteiger partial charge on any atom is 0.408 e. The minimum Gasteiger partial charge on any atom is -0.467 e. The Labute approximate surface area is 174 Å². The molecule has 1 aromatic heterocycles. The number of rotatable bonds is 5. The Morgan fingerprint density at radius 3 is 2.27 bits per heavy atom. The number of alkyl carbamates (subject to hydrolysis) is 1. The second-order valence-corrected chi connectivity index (χ2v) is 7.89. The predicted octanol–water partition coefficient (Wildman–Crippen LogP) is 1.45. The number of amides is 1. The van der Waals surface area contributed by atoms with E-state index in [1.54, 1.807) is 59.0 Å². The van der Waals surface area contributed by atoms with Gasteiger partial charge in [0, 0.05) is 25.2 Å². The summed E-state index contributed by atoms with van der Waals surface area (Å²) in [5.74, 6) is -0.617. The van der Waals surface area contributed by atoms with Crippen LogP contribution in [0.2, 0.25) is 0 Å². The fourth-order valence-electron chi connectivity index (χ4n) is 2.78. The van der Waals surface area contributed by atoms with Gasteiger partial charge in [0.2, 0.25) is 0 Å². The van der Waals surface area contributed by atoms with Gasteiger partial charge in [0.05, 0.1) is 12.8 Å². The van der Waals surface area contributed by atoms with Crippen LogP contribution in [0, 0.1) is 6.92 Å². The van der Waals surface area contributed by atoms with Crippen LogP contribution in [-0.4, -0.2) is 39.9 Å². The zero-order chi connectivity index (χ0) is 22.6. The van der Waals surface area contributed by atoms with Crippen molar-refractivity contribution < 1.29 is 19.1 Å². The lowest BCUT2D eigenvalue weighted by Gasteiger charge is -2.22. The van der Waals surface area contributed by atoms with Gasteiger partial charge in [-0.15, -0.1) is 0 Å². The van der Waals surface area contributed by atoms with E-state index in [1.807, 2.05) is 0 Å². The van der Waals surface area contributed by atoms with Crippen molar-refractivity contribution in [2.75, 3.05) is 7.11 Å². The fourth-order valence-corrected chi connectivity index (χ4v) is 2.78. The molecule has 0 spiro atoms. The largest absolute Gasteiger partial charge is 0.467 e. The van der Waals surface area contributed by atoms with Gasteiger partial charge in [-0.05, 0) is 45.4 Å². The molecule has 9 nitrogen and oxygen atoms in total. The average Bonchev–Trinajstić information content (AvgIpc) is 2.65. The molecule has 0 aliphatic heterocycles. The SMILES string of the molecule is COC(=O)[C@H](Cc1ccc(-n2c(=O)cc(C)n(C)c2=O)cc1)NC(=O)OC(C)(C)C. The quantitative estimate of drug-likeness (QED) is 0.738. The molecule has 0 bridgehead atoms. The van der Waals surface area contributed by atoms with E-state index in [1.165, 1.54) is 17.7 Å². The minimum atomic E-state index is -0.953. The summed E-state index contributed by atoms with van der Waals surface area (Å²) < 4.78 is 12.4. The van der Waals surface area contributed by atoms with Crippen LogP contribution >= 0.6 is 0 Å². The Morgan fingerprint density at radius 1 is 1.13 bits per heavy atom. The number of nitrogens with one attached hydrogen (secondary N) is 1. The van der Waals surface area contributed by atoms with E-state index in [2.05, 4.69) is 5.32 Å². The molecule has 1 amide bonds. The summed E-state index contributed by atoms with van der Waals surface area (Å²) in [6, 6.07) is 6.99. The summed E-state index contributed by atoms with van der Waals surface area (Å²) in [6.07, 6.45) is -0.586. The van der Waals surface area contributed by atoms with Gasteiger partial charge in [-0.1, -0.05) is 12.1 Å². The Kier molecular flexibility index (Phi) is 6.86. The van der Waals surface area contributed by atoms with Crippen LogP contribution in [0.3, 0.4) is 0 Å². The number of carbonyl (C=O) groups is 2. The lowest BCUT2D eigenvalue weighted by atomic mass is 10.1.